The Kier molecular flexibility index (Phi) is 5.48. The zero-order valence-electron chi connectivity index (χ0n) is 10.2. The number of rotatable bonds is 3. The summed E-state index contributed by atoms with van der Waals surface area (Å²) in [6, 6.07) is 8.26. The first kappa shape index (κ1) is 14.3. The second kappa shape index (κ2) is 6.89. The number of benzene rings is 1. The molecule has 1 aromatic carbocycles. The lowest BCUT2D eigenvalue weighted by atomic mass is 9.99. The van der Waals surface area contributed by atoms with E-state index in [2.05, 4.69) is 43.4 Å². The Morgan fingerprint density at radius 1 is 1.39 bits per heavy atom. The molecule has 0 saturated carbocycles. The number of amides is 1. The van der Waals surface area contributed by atoms with Gasteiger partial charge < -0.3 is 4.90 Å². The van der Waals surface area contributed by atoms with Crippen LogP contribution in [0.4, 0.5) is 0 Å². The van der Waals surface area contributed by atoms with Crippen molar-refractivity contribution < 1.29 is 4.79 Å². The largest absolute Gasteiger partial charge is 0.336 e. The maximum absolute atomic E-state index is 12.6. The van der Waals surface area contributed by atoms with E-state index in [9.17, 15) is 4.79 Å². The predicted octanol–water partition coefficient (Wildman–Crippen LogP) is 4.07. The van der Waals surface area contributed by atoms with Crippen LogP contribution >= 0.6 is 38.5 Å². The van der Waals surface area contributed by atoms with Gasteiger partial charge >= 0.3 is 0 Å². The average molecular weight is 422 g/mol. The van der Waals surface area contributed by atoms with Gasteiger partial charge in [-0.15, -0.1) is 0 Å². The normalized spacial score (nSPS) is 19.9. The minimum atomic E-state index is 0.200. The minimum absolute atomic E-state index is 0.200. The second-order valence-corrected chi connectivity index (χ2v) is 6.56. The summed E-state index contributed by atoms with van der Waals surface area (Å²) in [6.07, 6.45) is 4.57. The quantitative estimate of drug-likeness (QED) is 0.532. The molecule has 1 saturated heterocycles. The minimum Gasteiger partial charge on any atom is -0.336 e. The summed E-state index contributed by atoms with van der Waals surface area (Å²) in [7, 11) is 0. The highest BCUT2D eigenvalue weighted by atomic mass is 127. The zero-order valence-corrected chi connectivity index (χ0v) is 14.0. The van der Waals surface area contributed by atoms with Gasteiger partial charge in [-0.2, -0.15) is 0 Å². The molecule has 1 unspecified atom stereocenters. The van der Waals surface area contributed by atoms with Crippen LogP contribution in [-0.2, 0) is 0 Å². The van der Waals surface area contributed by atoms with Crippen LogP contribution in [0.15, 0.2) is 24.3 Å². The number of piperidine rings is 1. The SMILES string of the molecule is O=C(c1ccccc1I)N1CCCCC1CCBr. The van der Waals surface area contributed by atoms with E-state index >= 15 is 0 Å². The van der Waals surface area contributed by atoms with Crippen LogP contribution in [0, 0.1) is 3.57 Å². The maximum atomic E-state index is 12.6. The van der Waals surface area contributed by atoms with Crippen molar-refractivity contribution in [1.29, 1.82) is 0 Å². The molecule has 2 rings (SSSR count). The maximum Gasteiger partial charge on any atom is 0.255 e. The van der Waals surface area contributed by atoms with Crippen molar-refractivity contribution in [3.8, 4) is 0 Å². The third kappa shape index (κ3) is 3.26. The third-order valence-corrected chi connectivity index (χ3v) is 4.83. The van der Waals surface area contributed by atoms with Crippen LogP contribution in [-0.4, -0.2) is 28.7 Å². The summed E-state index contributed by atoms with van der Waals surface area (Å²) < 4.78 is 1.04. The van der Waals surface area contributed by atoms with E-state index in [4.69, 9.17) is 0 Å². The fraction of sp³-hybridized carbons (Fsp3) is 0.500. The molecule has 0 bridgehead atoms. The van der Waals surface area contributed by atoms with Gasteiger partial charge in [0.1, 0.15) is 0 Å². The van der Waals surface area contributed by atoms with E-state index in [-0.39, 0.29) is 5.91 Å². The molecule has 1 amide bonds. The van der Waals surface area contributed by atoms with E-state index in [1.165, 1.54) is 6.42 Å². The Morgan fingerprint density at radius 3 is 2.89 bits per heavy atom. The Labute approximate surface area is 130 Å². The number of hydrogen-bond acceptors (Lipinski definition) is 1. The van der Waals surface area contributed by atoms with Crippen molar-refractivity contribution in [2.24, 2.45) is 0 Å². The molecule has 0 aromatic heterocycles. The Balaban J connectivity index is 2.18. The van der Waals surface area contributed by atoms with E-state index in [1.54, 1.807) is 0 Å². The molecule has 1 aliphatic heterocycles. The van der Waals surface area contributed by atoms with Crippen LogP contribution in [0.2, 0.25) is 0 Å². The van der Waals surface area contributed by atoms with Crippen molar-refractivity contribution in [2.45, 2.75) is 31.7 Å². The molecule has 4 heteroatoms. The highest BCUT2D eigenvalue weighted by molar-refractivity contribution is 14.1. The lowest BCUT2D eigenvalue weighted by Crippen LogP contribution is -2.44. The fourth-order valence-corrected chi connectivity index (χ4v) is 3.63. The van der Waals surface area contributed by atoms with E-state index in [0.29, 0.717) is 6.04 Å². The van der Waals surface area contributed by atoms with Crippen LogP contribution in [0.1, 0.15) is 36.0 Å². The first-order chi connectivity index (χ1) is 8.74. The summed E-state index contributed by atoms with van der Waals surface area (Å²) in [6.45, 7) is 0.904. The molecule has 98 valence electrons. The molecule has 1 aromatic rings. The van der Waals surface area contributed by atoms with E-state index < -0.39 is 0 Å². The fourth-order valence-electron chi connectivity index (χ4n) is 2.48. The molecular formula is C14H17BrINO. The first-order valence-electron chi connectivity index (χ1n) is 6.35. The number of alkyl halides is 1. The smallest absolute Gasteiger partial charge is 0.255 e. The highest BCUT2D eigenvalue weighted by Gasteiger charge is 2.27. The summed E-state index contributed by atoms with van der Waals surface area (Å²) in [5, 5.41) is 0.966. The number of likely N-dealkylation sites (tertiary alicyclic amines) is 1. The van der Waals surface area contributed by atoms with Gasteiger partial charge in [0.2, 0.25) is 0 Å². The molecule has 0 aliphatic carbocycles. The van der Waals surface area contributed by atoms with Gasteiger partial charge in [-0.25, -0.2) is 0 Å². The van der Waals surface area contributed by atoms with Crippen molar-refractivity contribution in [1.82, 2.24) is 4.90 Å². The topological polar surface area (TPSA) is 20.3 Å². The molecular weight excluding hydrogens is 405 g/mol. The van der Waals surface area contributed by atoms with Gasteiger partial charge in [-0.05, 0) is 60.4 Å². The molecule has 1 heterocycles. The van der Waals surface area contributed by atoms with Crippen LogP contribution < -0.4 is 0 Å². The highest BCUT2D eigenvalue weighted by Crippen LogP contribution is 2.24. The van der Waals surface area contributed by atoms with Gasteiger partial charge in [0, 0.05) is 21.5 Å². The summed E-state index contributed by atoms with van der Waals surface area (Å²) in [5.41, 5.74) is 0.847. The summed E-state index contributed by atoms with van der Waals surface area (Å²) in [4.78, 5) is 14.7. The molecule has 1 fully saturated rings. The number of nitrogens with zero attached hydrogens (tertiary/aromatic N) is 1. The van der Waals surface area contributed by atoms with Crippen molar-refractivity contribution in [3.63, 3.8) is 0 Å². The Bertz CT molecular complexity index is 422. The number of carbonyl (C=O) groups excluding carboxylic acids is 1. The average Bonchev–Trinajstić information content (AvgIpc) is 2.40. The van der Waals surface area contributed by atoms with Gasteiger partial charge in [0.05, 0.1) is 5.56 Å². The van der Waals surface area contributed by atoms with Crippen LogP contribution in [0.3, 0.4) is 0 Å². The number of hydrogen-bond donors (Lipinski definition) is 0. The molecule has 2 nitrogen and oxygen atoms in total. The van der Waals surface area contributed by atoms with Crippen LogP contribution in [0.5, 0.6) is 0 Å². The van der Waals surface area contributed by atoms with E-state index in [0.717, 1.165) is 40.3 Å². The van der Waals surface area contributed by atoms with Crippen molar-refractivity contribution in [2.75, 3.05) is 11.9 Å². The molecule has 1 aliphatic rings. The third-order valence-electron chi connectivity index (χ3n) is 3.43. The van der Waals surface area contributed by atoms with Gasteiger partial charge in [0.15, 0.2) is 0 Å². The molecule has 18 heavy (non-hydrogen) atoms. The Morgan fingerprint density at radius 2 is 2.17 bits per heavy atom. The lowest BCUT2D eigenvalue weighted by molar-refractivity contribution is 0.0609. The van der Waals surface area contributed by atoms with Gasteiger partial charge in [0.25, 0.3) is 5.91 Å². The Hall–Kier alpha value is -0.100. The lowest BCUT2D eigenvalue weighted by Gasteiger charge is -2.35. The van der Waals surface area contributed by atoms with Crippen molar-refractivity contribution in [3.05, 3.63) is 33.4 Å². The molecule has 1 atom stereocenters. The zero-order chi connectivity index (χ0) is 13.0. The van der Waals surface area contributed by atoms with Gasteiger partial charge in [-0.1, -0.05) is 28.1 Å². The molecule has 0 N–H and O–H groups in total. The second-order valence-electron chi connectivity index (χ2n) is 4.61. The van der Waals surface area contributed by atoms with E-state index in [1.807, 2.05) is 24.3 Å². The number of carbonyl (C=O) groups is 1. The van der Waals surface area contributed by atoms with Crippen molar-refractivity contribution >= 4 is 44.4 Å². The molecule has 0 spiro atoms. The standard InChI is InChI=1S/C14H17BrINO/c15-9-8-11-5-3-4-10-17(11)14(18)12-6-1-2-7-13(12)16/h1-2,6-7,11H,3-5,8-10H2. The summed E-state index contributed by atoms with van der Waals surface area (Å²) in [5.74, 6) is 0.200. The van der Waals surface area contributed by atoms with Gasteiger partial charge in [-0.3, -0.25) is 4.79 Å². The summed E-state index contributed by atoms with van der Waals surface area (Å²) >= 11 is 5.74. The predicted molar refractivity (Wildman–Crippen MR) is 86.2 cm³/mol. The first-order valence-corrected chi connectivity index (χ1v) is 8.55. The number of halogens is 2. The van der Waals surface area contributed by atoms with Crippen LogP contribution in [0.25, 0.3) is 0 Å². The molecule has 0 radical (unpaired) electrons. The monoisotopic (exact) mass is 421 g/mol.